The molecule has 0 aromatic carbocycles. The van der Waals surface area contributed by atoms with Crippen molar-refractivity contribution < 1.29 is 14.4 Å². The van der Waals surface area contributed by atoms with E-state index in [0.29, 0.717) is 13.1 Å². The number of nitrogens with zero attached hydrogens (tertiary/aromatic N) is 1. The Kier molecular flexibility index (Phi) is 3.70. The molecule has 1 aliphatic rings. The number of hydrogen-bond donors (Lipinski definition) is 2. The molecule has 0 fully saturated rings. The molecule has 0 amide bonds. The Bertz CT molecular complexity index is 335. The molecular weight excluding hydrogens is 198 g/mol. The molecule has 0 aliphatic heterocycles. The summed E-state index contributed by atoms with van der Waals surface area (Å²) in [4.78, 5) is 33.5. The van der Waals surface area contributed by atoms with Crippen LogP contribution < -0.4 is 11.2 Å². The molecule has 0 unspecified atom stereocenters. The third kappa shape index (κ3) is 2.71. The van der Waals surface area contributed by atoms with E-state index < -0.39 is 11.6 Å². The van der Waals surface area contributed by atoms with Crippen LogP contribution in [0.25, 0.3) is 0 Å². The van der Waals surface area contributed by atoms with Gasteiger partial charge in [-0.2, -0.15) is 0 Å². The second-order valence-corrected chi connectivity index (χ2v) is 3.22. The van der Waals surface area contributed by atoms with E-state index in [9.17, 15) is 14.4 Å². The van der Waals surface area contributed by atoms with Crippen LogP contribution in [0.15, 0.2) is 11.8 Å². The number of hydrazine groups is 1. The standard InChI is InChI=1S/C9H13N3O3/c1-11-2-3-12(10)7-4-6(13)5-8(14)9(7)15/h4,11H,2-3,5,10H2,1H3. The van der Waals surface area contributed by atoms with E-state index in [1.165, 1.54) is 0 Å². The number of allylic oxidation sites excluding steroid dienone is 2. The maximum atomic E-state index is 11.4. The van der Waals surface area contributed by atoms with E-state index in [4.69, 9.17) is 5.84 Å². The van der Waals surface area contributed by atoms with E-state index in [-0.39, 0.29) is 17.9 Å². The molecular formula is C9H13N3O3. The fraction of sp³-hybridized carbons (Fsp3) is 0.444. The molecule has 6 nitrogen and oxygen atoms in total. The molecule has 0 atom stereocenters. The molecule has 82 valence electrons. The first kappa shape index (κ1) is 11.5. The van der Waals surface area contributed by atoms with E-state index in [2.05, 4.69) is 5.32 Å². The van der Waals surface area contributed by atoms with E-state index >= 15 is 0 Å². The topological polar surface area (TPSA) is 92.5 Å². The van der Waals surface area contributed by atoms with Crippen LogP contribution in [0, 0.1) is 0 Å². The van der Waals surface area contributed by atoms with Crippen molar-refractivity contribution in [1.82, 2.24) is 10.3 Å². The van der Waals surface area contributed by atoms with E-state index in [1.807, 2.05) is 0 Å². The minimum atomic E-state index is -0.697. The number of carbonyl (C=O) groups excluding carboxylic acids is 3. The van der Waals surface area contributed by atoms with Crippen molar-refractivity contribution in [3.63, 3.8) is 0 Å². The molecule has 0 saturated heterocycles. The van der Waals surface area contributed by atoms with Crippen LogP contribution in [0.3, 0.4) is 0 Å². The van der Waals surface area contributed by atoms with Crippen LogP contribution in [0.5, 0.6) is 0 Å². The fourth-order valence-corrected chi connectivity index (χ4v) is 1.22. The predicted octanol–water partition coefficient (Wildman–Crippen LogP) is -1.62. The Morgan fingerprint density at radius 2 is 2.13 bits per heavy atom. The van der Waals surface area contributed by atoms with Gasteiger partial charge in [-0.1, -0.05) is 0 Å². The Morgan fingerprint density at radius 3 is 2.73 bits per heavy atom. The molecule has 0 spiro atoms. The van der Waals surface area contributed by atoms with Crippen molar-refractivity contribution in [3.05, 3.63) is 11.8 Å². The molecule has 0 aromatic rings. The summed E-state index contributed by atoms with van der Waals surface area (Å²) in [5.41, 5.74) is -0.0218. The summed E-state index contributed by atoms with van der Waals surface area (Å²) >= 11 is 0. The van der Waals surface area contributed by atoms with Gasteiger partial charge in [0.05, 0.1) is 6.42 Å². The Morgan fingerprint density at radius 1 is 1.47 bits per heavy atom. The number of nitrogens with two attached hydrogens (primary N) is 1. The second-order valence-electron chi connectivity index (χ2n) is 3.22. The van der Waals surface area contributed by atoms with Crippen molar-refractivity contribution in [3.8, 4) is 0 Å². The number of ketones is 3. The van der Waals surface area contributed by atoms with E-state index in [0.717, 1.165) is 11.1 Å². The molecule has 1 aliphatic carbocycles. The highest BCUT2D eigenvalue weighted by atomic mass is 16.2. The lowest BCUT2D eigenvalue weighted by Gasteiger charge is -2.21. The lowest BCUT2D eigenvalue weighted by Crippen LogP contribution is -2.42. The molecule has 0 saturated carbocycles. The summed E-state index contributed by atoms with van der Waals surface area (Å²) in [6, 6.07) is 0. The van der Waals surface area contributed by atoms with Gasteiger partial charge in [-0.15, -0.1) is 0 Å². The quantitative estimate of drug-likeness (QED) is 0.251. The molecule has 0 bridgehead atoms. The molecule has 3 N–H and O–H groups in total. The average Bonchev–Trinajstić information content (AvgIpc) is 2.19. The first-order valence-corrected chi connectivity index (χ1v) is 4.55. The maximum absolute atomic E-state index is 11.4. The third-order valence-corrected chi connectivity index (χ3v) is 2.03. The zero-order valence-electron chi connectivity index (χ0n) is 8.45. The highest BCUT2D eigenvalue weighted by Crippen LogP contribution is 2.10. The van der Waals surface area contributed by atoms with Crippen LogP contribution >= 0.6 is 0 Å². The molecule has 1 rings (SSSR count). The zero-order chi connectivity index (χ0) is 11.4. The summed E-state index contributed by atoms with van der Waals surface area (Å²) in [6.07, 6.45) is 0.779. The molecule has 0 aromatic heterocycles. The van der Waals surface area contributed by atoms with Crippen LogP contribution in [0.4, 0.5) is 0 Å². The van der Waals surface area contributed by atoms with Gasteiger partial charge in [0.2, 0.25) is 11.6 Å². The zero-order valence-corrected chi connectivity index (χ0v) is 8.45. The molecule has 0 heterocycles. The number of likely N-dealkylation sites (N-methyl/N-ethyl adjacent to an activating group) is 1. The van der Waals surface area contributed by atoms with Crippen LogP contribution in [-0.4, -0.2) is 42.5 Å². The van der Waals surface area contributed by atoms with Gasteiger partial charge in [0, 0.05) is 19.2 Å². The van der Waals surface area contributed by atoms with Gasteiger partial charge in [-0.05, 0) is 7.05 Å². The third-order valence-electron chi connectivity index (χ3n) is 2.03. The fourth-order valence-electron chi connectivity index (χ4n) is 1.22. The minimum absolute atomic E-state index is 0.0218. The molecule has 15 heavy (non-hydrogen) atoms. The van der Waals surface area contributed by atoms with Gasteiger partial charge < -0.3 is 10.3 Å². The maximum Gasteiger partial charge on any atom is 0.246 e. The van der Waals surface area contributed by atoms with Crippen LogP contribution in [0.1, 0.15) is 6.42 Å². The normalized spacial score (nSPS) is 16.7. The number of rotatable bonds is 4. The summed E-state index contributed by atoms with van der Waals surface area (Å²) in [7, 11) is 1.74. The minimum Gasteiger partial charge on any atom is -0.318 e. The first-order valence-electron chi connectivity index (χ1n) is 4.55. The number of hydrogen-bond acceptors (Lipinski definition) is 6. The monoisotopic (exact) mass is 211 g/mol. The highest BCUT2D eigenvalue weighted by molar-refractivity contribution is 6.48. The largest absolute Gasteiger partial charge is 0.318 e. The van der Waals surface area contributed by atoms with E-state index in [1.54, 1.807) is 7.05 Å². The smallest absolute Gasteiger partial charge is 0.246 e. The average molecular weight is 211 g/mol. The van der Waals surface area contributed by atoms with Gasteiger partial charge in [0.15, 0.2) is 5.78 Å². The SMILES string of the molecule is CNCCN(N)C1=CC(=O)CC(=O)C1=O. The Hall–Kier alpha value is -1.53. The lowest BCUT2D eigenvalue weighted by atomic mass is 10.0. The number of carbonyl (C=O) groups is 3. The van der Waals surface area contributed by atoms with Crippen LogP contribution in [0.2, 0.25) is 0 Å². The van der Waals surface area contributed by atoms with Gasteiger partial charge in [-0.3, -0.25) is 14.4 Å². The highest BCUT2D eigenvalue weighted by Gasteiger charge is 2.29. The number of Topliss-reactive ketones (excluding diaryl/α,β-unsaturated/α-hetero) is 2. The van der Waals surface area contributed by atoms with Crippen molar-refractivity contribution in [2.75, 3.05) is 20.1 Å². The van der Waals surface area contributed by atoms with Gasteiger partial charge >= 0.3 is 0 Å². The number of nitrogens with one attached hydrogen (secondary N) is 1. The Labute approximate surface area is 87.1 Å². The first-order chi connectivity index (χ1) is 7.06. The van der Waals surface area contributed by atoms with Crippen molar-refractivity contribution >= 4 is 17.3 Å². The summed E-state index contributed by atoms with van der Waals surface area (Å²) in [5.74, 6) is 3.79. The van der Waals surface area contributed by atoms with Gasteiger partial charge in [-0.25, -0.2) is 5.84 Å². The van der Waals surface area contributed by atoms with Gasteiger partial charge in [0.1, 0.15) is 5.70 Å². The second kappa shape index (κ2) is 4.81. The van der Waals surface area contributed by atoms with Crippen molar-refractivity contribution in [2.24, 2.45) is 5.84 Å². The lowest BCUT2D eigenvalue weighted by molar-refractivity contribution is -0.138. The molecule has 6 heteroatoms. The summed E-state index contributed by atoms with van der Waals surface area (Å²) in [5, 5.41) is 3.96. The summed E-state index contributed by atoms with van der Waals surface area (Å²) in [6.45, 7) is 0.915. The van der Waals surface area contributed by atoms with Crippen molar-refractivity contribution in [2.45, 2.75) is 6.42 Å². The summed E-state index contributed by atoms with van der Waals surface area (Å²) < 4.78 is 0. The van der Waals surface area contributed by atoms with Crippen molar-refractivity contribution in [1.29, 1.82) is 0 Å². The molecule has 0 radical (unpaired) electrons. The van der Waals surface area contributed by atoms with Gasteiger partial charge in [0.25, 0.3) is 0 Å². The van der Waals surface area contributed by atoms with Crippen LogP contribution in [-0.2, 0) is 14.4 Å². The Balaban J connectivity index is 2.78. The predicted molar refractivity (Wildman–Crippen MR) is 52.5 cm³/mol.